The fourth-order valence-corrected chi connectivity index (χ4v) is 1.79. The first-order chi connectivity index (χ1) is 7.68. The Morgan fingerprint density at radius 2 is 1.81 bits per heavy atom. The van der Waals surface area contributed by atoms with Crippen molar-refractivity contribution in [2.45, 2.75) is 19.8 Å². The molecule has 0 N–H and O–H groups in total. The largest absolute Gasteiger partial charge is 0.258 e. The van der Waals surface area contributed by atoms with E-state index in [4.69, 9.17) is 0 Å². The van der Waals surface area contributed by atoms with Crippen molar-refractivity contribution in [1.29, 1.82) is 0 Å². The molecule has 0 amide bonds. The van der Waals surface area contributed by atoms with E-state index >= 15 is 0 Å². The van der Waals surface area contributed by atoms with Gasteiger partial charge in [0.2, 0.25) is 0 Å². The summed E-state index contributed by atoms with van der Waals surface area (Å²) in [4.78, 5) is 4.42. The van der Waals surface area contributed by atoms with Gasteiger partial charge in [-0.15, -0.1) is 0 Å². The predicted octanol–water partition coefficient (Wildman–Crippen LogP) is 3.68. The molecule has 0 radical (unpaired) electrons. The zero-order chi connectivity index (χ0) is 11.5. The first-order valence-electron chi connectivity index (χ1n) is 5.36. The van der Waals surface area contributed by atoms with Gasteiger partial charge in [0, 0.05) is 17.3 Å². The van der Waals surface area contributed by atoms with Crippen LogP contribution in [-0.2, 0) is 0 Å². The van der Waals surface area contributed by atoms with Crippen LogP contribution in [0.25, 0.3) is 0 Å². The maximum atomic E-state index is 13.6. The Morgan fingerprint density at radius 1 is 1.06 bits per heavy atom. The maximum Gasteiger partial charge on any atom is 0.127 e. The molecule has 1 aromatic carbocycles. The van der Waals surface area contributed by atoms with Gasteiger partial charge in [-0.3, -0.25) is 4.98 Å². The molecule has 0 aliphatic rings. The minimum atomic E-state index is -0.168. The van der Waals surface area contributed by atoms with E-state index in [1.54, 1.807) is 6.07 Å². The second kappa shape index (κ2) is 4.44. The van der Waals surface area contributed by atoms with Crippen LogP contribution in [-0.4, -0.2) is 4.98 Å². The lowest BCUT2D eigenvalue weighted by atomic mass is 9.96. The lowest BCUT2D eigenvalue weighted by molar-refractivity contribution is 0.601. The monoisotopic (exact) mass is 215 g/mol. The summed E-state index contributed by atoms with van der Waals surface area (Å²) in [6.45, 7) is 3.91. The van der Waals surface area contributed by atoms with Gasteiger partial charge in [-0.05, 0) is 30.7 Å². The van der Waals surface area contributed by atoms with Crippen molar-refractivity contribution in [3.63, 3.8) is 0 Å². The van der Waals surface area contributed by atoms with Crippen molar-refractivity contribution in [2.24, 2.45) is 0 Å². The first-order valence-corrected chi connectivity index (χ1v) is 5.36. The van der Waals surface area contributed by atoms with Gasteiger partial charge in [-0.2, -0.15) is 0 Å². The van der Waals surface area contributed by atoms with Gasteiger partial charge in [-0.25, -0.2) is 4.39 Å². The van der Waals surface area contributed by atoms with Crippen LogP contribution in [0.3, 0.4) is 0 Å². The van der Waals surface area contributed by atoms with Crippen molar-refractivity contribution in [1.82, 2.24) is 4.98 Å². The van der Waals surface area contributed by atoms with Gasteiger partial charge in [0.25, 0.3) is 0 Å². The Balaban J connectivity index is 2.39. The number of halogens is 1. The van der Waals surface area contributed by atoms with Crippen LogP contribution >= 0.6 is 0 Å². The number of hydrogen-bond acceptors (Lipinski definition) is 1. The number of aromatic nitrogens is 1. The van der Waals surface area contributed by atoms with Crippen LogP contribution in [0.2, 0.25) is 0 Å². The summed E-state index contributed by atoms with van der Waals surface area (Å²) < 4.78 is 13.6. The SMILES string of the molecule is Cc1cccc(C(C)c2ccccc2F)n1. The Bertz CT molecular complexity index is 494. The van der Waals surface area contributed by atoms with E-state index < -0.39 is 0 Å². The normalized spacial score (nSPS) is 12.4. The van der Waals surface area contributed by atoms with E-state index in [0.29, 0.717) is 5.56 Å². The van der Waals surface area contributed by atoms with E-state index in [2.05, 4.69) is 4.98 Å². The fraction of sp³-hybridized carbons (Fsp3) is 0.214. The summed E-state index contributed by atoms with van der Waals surface area (Å²) in [5, 5.41) is 0. The minimum absolute atomic E-state index is 0.0129. The molecule has 1 atom stereocenters. The summed E-state index contributed by atoms with van der Waals surface area (Å²) in [6, 6.07) is 12.7. The van der Waals surface area contributed by atoms with Crippen molar-refractivity contribution in [2.75, 3.05) is 0 Å². The molecule has 1 heterocycles. The molecule has 16 heavy (non-hydrogen) atoms. The highest BCUT2D eigenvalue weighted by Crippen LogP contribution is 2.24. The molecular formula is C14H14FN. The van der Waals surface area contributed by atoms with E-state index in [9.17, 15) is 4.39 Å². The molecule has 0 bridgehead atoms. The summed E-state index contributed by atoms with van der Waals surface area (Å²) >= 11 is 0. The number of benzene rings is 1. The fourth-order valence-electron chi connectivity index (χ4n) is 1.79. The standard InChI is InChI=1S/C14H14FN/c1-10-6-5-9-14(16-10)11(2)12-7-3-4-8-13(12)15/h3-9,11H,1-2H3. The third-order valence-corrected chi connectivity index (χ3v) is 2.73. The van der Waals surface area contributed by atoms with E-state index in [0.717, 1.165) is 11.4 Å². The quantitative estimate of drug-likeness (QED) is 0.744. The van der Waals surface area contributed by atoms with E-state index in [1.807, 2.05) is 44.2 Å². The van der Waals surface area contributed by atoms with Gasteiger partial charge in [0.15, 0.2) is 0 Å². The molecule has 0 spiro atoms. The van der Waals surface area contributed by atoms with Gasteiger partial charge < -0.3 is 0 Å². The highest BCUT2D eigenvalue weighted by molar-refractivity contribution is 5.29. The van der Waals surface area contributed by atoms with Crippen LogP contribution in [0.4, 0.5) is 4.39 Å². The van der Waals surface area contributed by atoms with Crippen molar-refractivity contribution >= 4 is 0 Å². The molecular weight excluding hydrogens is 201 g/mol. The molecule has 0 aliphatic carbocycles. The lowest BCUT2D eigenvalue weighted by Crippen LogP contribution is -2.02. The molecule has 0 saturated heterocycles. The zero-order valence-corrected chi connectivity index (χ0v) is 9.44. The number of rotatable bonds is 2. The Hall–Kier alpha value is -1.70. The number of nitrogens with zero attached hydrogens (tertiary/aromatic N) is 1. The molecule has 2 rings (SSSR count). The predicted molar refractivity (Wildman–Crippen MR) is 62.9 cm³/mol. The van der Waals surface area contributed by atoms with Crippen LogP contribution in [0.5, 0.6) is 0 Å². The smallest absolute Gasteiger partial charge is 0.127 e. The summed E-state index contributed by atoms with van der Waals surface area (Å²) in [6.07, 6.45) is 0. The van der Waals surface area contributed by atoms with Gasteiger partial charge in [-0.1, -0.05) is 31.2 Å². The zero-order valence-electron chi connectivity index (χ0n) is 9.44. The number of aryl methyl sites for hydroxylation is 1. The average molecular weight is 215 g/mol. The van der Waals surface area contributed by atoms with Crippen molar-refractivity contribution < 1.29 is 4.39 Å². The Morgan fingerprint density at radius 3 is 2.50 bits per heavy atom. The van der Waals surface area contributed by atoms with Crippen LogP contribution in [0.15, 0.2) is 42.5 Å². The van der Waals surface area contributed by atoms with Gasteiger partial charge >= 0.3 is 0 Å². The molecule has 2 heteroatoms. The molecule has 1 nitrogen and oxygen atoms in total. The molecule has 0 fully saturated rings. The highest BCUT2D eigenvalue weighted by Gasteiger charge is 2.13. The third-order valence-electron chi connectivity index (χ3n) is 2.73. The second-order valence-electron chi connectivity index (χ2n) is 3.95. The summed E-state index contributed by atoms with van der Waals surface area (Å²) in [5.41, 5.74) is 2.56. The molecule has 0 saturated carbocycles. The third kappa shape index (κ3) is 2.11. The van der Waals surface area contributed by atoms with E-state index in [-0.39, 0.29) is 11.7 Å². The summed E-state index contributed by atoms with van der Waals surface area (Å²) in [7, 11) is 0. The Kier molecular flexibility index (Phi) is 3.00. The maximum absolute atomic E-state index is 13.6. The van der Waals surface area contributed by atoms with Crippen LogP contribution in [0.1, 0.15) is 29.8 Å². The molecule has 1 aromatic heterocycles. The summed E-state index contributed by atoms with van der Waals surface area (Å²) in [5.74, 6) is -0.181. The van der Waals surface area contributed by atoms with Gasteiger partial charge in [0.1, 0.15) is 5.82 Å². The van der Waals surface area contributed by atoms with Gasteiger partial charge in [0.05, 0.1) is 0 Å². The van der Waals surface area contributed by atoms with E-state index in [1.165, 1.54) is 6.07 Å². The van der Waals surface area contributed by atoms with Crippen LogP contribution < -0.4 is 0 Å². The molecule has 1 unspecified atom stereocenters. The minimum Gasteiger partial charge on any atom is -0.258 e. The molecule has 0 aliphatic heterocycles. The van der Waals surface area contributed by atoms with Crippen LogP contribution in [0, 0.1) is 12.7 Å². The van der Waals surface area contributed by atoms with Crippen molar-refractivity contribution in [3.05, 3.63) is 65.2 Å². The average Bonchev–Trinajstić information content (AvgIpc) is 2.29. The number of hydrogen-bond donors (Lipinski definition) is 0. The molecule has 2 aromatic rings. The topological polar surface area (TPSA) is 12.9 Å². The highest BCUT2D eigenvalue weighted by atomic mass is 19.1. The number of pyridine rings is 1. The molecule has 82 valence electrons. The first kappa shape index (κ1) is 10.8. The van der Waals surface area contributed by atoms with Crippen molar-refractivity contribution in [3.8, 4) is 0 Å². The lowest BCUT2D eigenvalue weighted by Gasteiger charge is -2.12. The second-order valence-corrected chi connectivity index (χ2v) is 3.95. The Labute approximate surface area is 95.0 Å².